The predicted octanol–water partition coefficient (Wildman–Crippen LogP) is 3.35. The van der Waals surface area contributed by atoms with E-state index in [1.807, 2.05) is 0 Å². The van der Waals surface area contributed by atoms with Crippen molar-refractivity contribution in [2.45, 2.75) is 9.83 Å². The second-order valence-electron chi connectivity index (χ2n) is 4.35. The maximum absolute atomic E-state index is 12.4. The topological polar surface area (TPSA) is 54.5 Å². The van der Waals surface area contributed by atoms with Gasteiger partial charge in [0.05, 0.1) is 22.5 Å². The van der Waals surface area contributed by atoms with Crippen molar-refractivity contribution in [3.05, 3.63) is 40.8 Å². The predicted molar refractivity (Wildman–Crippen MR) is 85.9 cm³/mol. The second kappa shape index (κ2) is 5.97. The number of nitrogens with zero attached hydrogens (tertiary/aromatic N) is 1. The number of benzene rings is 1. The lowest BCUT2D eigenvalue weighted by Gasteiger charge is -2.30. The second-order valence-corrected chi connectivity index (χ2v) is 8.97. The molecule has 0 aliphatic carbocycles. The van der Waals surface area contributed by atoms with E-state index in [-0.39, 0.29) is 16.5 Å². The Labute approximate surface area is 142 Å². The van der Waals surface area contributed by atoms with Gasteiger partial charge in [0.1, 0.15) is 0 Å². The molecule has 1 heterocycles. The third kappa shape index (κ3) is 3.85. The van der Waals surface area contributed by atoms with Gasteiger partial charge < -0.3 is 0 Å². The third-order valence-corrected chi connectivity index (χ3v) is 5.00. The Morgan fingerprint density at radius 1 is 1.24 bits per heavy atom. The third-order valence-electron chi connectivity index (χ3n) is 2.82. The monoisotopic (exact) mass is 387 g/mol. The van der Waals surface area contributed by atoms with E-state index < -0.39 is 25.6 Å². The van der Waals surface area contributed by atoms with E-state index >= 15 is 0 Å². The highest BCUT2D eigenvalue weighted by molar-refractivity contribution is 7.94. The minimum atomic E-state index is -3.39. The number of carbonyl (C=O) groups excluding carboxylic acids is 1. The van der Waals surface area contributed by atoms with E-state index in [0.717, 1.165) is 10.3 Å². The van der Waals surface area contributed by atoms with Crippen LogP contribution in [0, 0.1) is 0 Å². The molecular formula is C12H9Cl4NO3S. The number of hydrogen-bond acceptors (Lipinski definition) is 3. The number of amides is 1. The summed E-state index contributed by atoms with van der Waals surface area (Å²) in [5.41, 5.74) is 0.280. The standard InChI is InChI=1S/C12H9Cl4NO3S/c13-9-3-1-2-4-10(9)17(11(18)12(14,15)16)8-5-6-21(19,20)7-8/h1-6,8H,7H2. The molecule has 1 aromatic carbocycles. The van der Waals surface area contributed by atoms with Gasteiger partial charge in [0, 0.05) is 5.41 Å². The summed E-state index contributed by atoms with van der Waals surface area (Å²) in [6.07, 6.45) is 1.37. The number of para-hydroxylation sites is 1. The number of hydrogen-bond donors (Lipinski definition) is 0. The Morgan fingerprint density at radius 3 is 2.33 bits per heavy atom. The molecule has 0 saturated carbocycles. The summed E-state index contributed by atoms with van der Waals surface area (Å²) in [4.78, 5) is 13.5. The van der Waals surface area contributed by atoms with Crippen LogP contribution in [0.5, 0.6) is 0 Å². The van der Waals surface area contributed by atoms with E-state index in [4.69, 9.17) is 46.4 Å². The molecule has 9 heteroatoms. The first-order valence-electron chi connectivity index (χ1n) is 5.68. The molecule has 1 atom stereocenters. The number of halogens is 4. The fraction of sp³-hybridized carbons (Fsp3) is 0.250. The zero-order valence-corrected chi connectivity index (χ0v) is 14.2. The van der Waals surface area contributed by atoms with Crippen LogP contribution in [0.1, 0.15) is 0 Å². The molecule has 1 aliphatic rings. The average molecular weight is 389 g/mol. The number of rotatable bonds is 2. The Bertz CT molecular complexity index is 697. The van der Waals surface area contributed by atoms with Gasteiger partial charge in [-0.2, -0.15) is 0 Å². The molecule has 0 saturated heterocycles. The van der Waals surface area contributed by atoms with Gasteiger partial charge in [-0.05, 0) is 18.2 Å². The summed E-state index contributed by atoms with van der Waals surface area (Å²) in [7, 11) is -3.39. The lowest BCUT2D eigenvalue weighted by atomic mass is 10.2. The maximum atomic E-state index is 12.4. The van der Waals surface area contributed by atoms with Gasteiger partial charge in [-0.15, -0.1) is 0 Å². The molecule has 1 amide bonds. The van der Waals surface area contributed by atoms with E-state index in [0.29, 0.717) is 0 Å². The normalized spacial score (nSPS) is 20.5. The number of sulfone groups is 1. The fourth-order valence-electron chi connectivity index (χ4n) is 1.94. The van der Waals surface area contributed by atoms with Crippen molar-refractivity contribution in [1.82, 2.24) is 0 Å². The maximum Gasteiger partial charge on any atom is 0.279 e. The van der Waals surface area contributed by atoms with Crippen molar-refractivity contribution in [2.24, 2.45) is 0 Å². The molecule has 4 nitrogen and oxygen atoms in total. The number of anilines is 1. The lowest BCUT2D eigenvalue weighted by molar-refractivity contribution is -0.118. The van der Waals surface area contributed by atoms with Crippen LogP contribution in [0.3, 0.4) is 0 Å². The molecule has 1 unspecified atom stereocenters. The molecule has 2 rings (SSSR count). The van der Waals surface area contributed by atoms with Gasteiger partial charge in [0.15, 0.2) is 9.84 Å². The van der Waals surface area contributed by atoms with Crippen LogP contribution in [0.2, 0.25) is 5.02 Å². The van der Waals surface area contributed by atoms with E-state index in [1.54, 1.807) is 24.3 Å². The van der Waals surface area contributed by atoms with Crippen LogP contribution in [0.4, 0.5) is 5.69 Å². The quantitative estimate of drug-likeness (QED) is 0.730. The van der Waals surface area contributed by atoms with E-state index in [1.165, 1.54) is 6.08 Å². The van der Waals surface area contributed by atoms with Crippen molar-refractivity contribution in [3.8, 4) is 0 Å². The van der Waals surface area contributed by atoms with Gasteiger partial charge in [-0.3, -0.25) is 9.69 Å². The zero-order chi connectivity index (χ0) is 15.8. The number of carbonyl (C=O) groups is 1. The molecule has 0 spiro atoms. The van der Waals surface area contributed by atoms with Crippen molar-refractivity contribution < 1.29 is 13.2 Å². The first kappa shape index (κ1) is 16.9. The van der Waals surface area contributed by atoms with Crippen LogP contribution in [0.25, 0.3) is 0 Å². The smallest absolute Gasteiger partial charge is 0.279 e. The van der Waals surface area contributed by atoms with Crippen molar-refractivity contribution in [1.29, 1.82) is 0 Å². The molecule has 1 aliphatic heterocycles. The Morgan fingerprint density at radius 2 is 1.86 bits per heavy atom. The molecule has 0 fully saturated rings. The zero-order valence-electron chi connectivity index (χ0n) is 10.3. The number of alkyl halides is 3. The van der Waals surface area contributed by atoms with Gasteiger partial charge in [0.2, 0.25) is 0 Å². The first-order valence-corrected chi connectivity index (χ1v) is 8.90. The molecular weight excluding hydrogens is 380 g/mol. The molecule has 1 aromatic rings. The van der Waals surface area contributed by atoms with Crippen LogP contribution in [-0.4, -0.2) is 29.9 Å². The van der Waals surface area contributed by atoms with Gasteiger partial charge in [-0.25, -0.2) is 8.42 Å². The highest BCUT2D eigenvalue weighted by atomic mass is 35.6. The first-order chi connectivity index (χ1) is 9.62. The highest BCUT2D eigenvalue weighted by Gasteiger charge is 2.41. The minimum Gasteiger partial charge on any atom is -0.299 e. The van der Waals surface area contributed by atoms with Crippen molar-refractivity contribution in [2.75, 3.05) is 10.7 Å². The summed E-state index contributed by atoms with van der Waals surface area (Å²) in [5, 5.41) is 1.28. The molecule has 114 valence electrons. The SMILES string of the molecule is O=C(N(c1ccccc1Cl)C1C=CS(=O)(=O)C1)C(Cl)(Cl)Cl. The summed E-state index contributed by atoms with van der Waals surface area (Å²) in [6, 6.07) is 5.65. The Hall–Kier alpha value is -0.460. The summed E-state index contributed by atoms with van der Waals surface area (Å²) < 4.78 is 20.9. The van der Waals surface area contributed by atoms with Gasteiger partial charge in [-0.1, -0.05) is 58.5 Å². The van der Waals surface area contributed by atoms with Crippen molar-refractivity contribution in [3.63, 3.8) is 0 Å². The molecule has 0 bridgehead atoms. The molecule has 0 N–H and O–H groups in total. The van der Waals surface area contributed by atoms with Crippen LogP contribution >= 0.6 is 46.4 Å². The highest BCUT2D eigenvalue weighted by Crippen LogP contribution is 2.36. The fourth-order valence-corrected chi connectivity index (χ4v) is 3.71. The van der Waals surface area contributed by atoms with Crippen LogP contribution in [-0.2, 0) is 14.6 Å². The van der Waals surface area contributed by atoms with Crippen LogP contribution < -0.4 is 4.90 Å². The van der Waals surface area contributed by atoms with E-state index in [9.17, 15) is 13.2 Å². The van der Waals surface area contributed by atoms with E-state index in [2.05, 4.69) is 0 Å². The van der Waals surface area contributed by atoms with Gasteiger partial charge >= 0.3 is 0 Å². The minimum absolute atomic E-state index is 0.248. The molecule has 21 heavy (non-hydrogen) atoms. The average Bonchev–Trinajstić information content (AvgIpc) is 2.71. The Kier molecular flexibility index (Phi) is 4.81. The van der Waals surface area contributed by atoms with Gasteiger partial charge in [0.25, 0.3) is 9.70 Å². The lowest BCUT2D eigenvalue weighted by Crippen LogP contribution is -2.47. The molecule has 0 aromatic heterocycles. The molecule has 0 radical (unpaired) electrons. The van der Waals surface area contributed by atoms with Crippen LogP contribution in [0.15, 0.2) is 35.7 Å². The largest absolute Gasteiger partial charge is 0.299 e. The Balaban J connectivity index is 2.49. The summed E-state index contributed by atoms with van der Waals surface area (Å²) in [5.74, 6) is -1.16. The summed E-state index contributed by atoms with van der Waals surface area (Å²) in [6.45, 7) is 0. The van der Waals surface area contributed by atoms with Crippen molar-refractivity contribution >= 4 is 67.8 Å². The summed E-state index contributed by atoms with van der Waals surface area (Å²) >= 11 is 23.0.